The van der Waals surface area contributed by atoms with Gasteiger partial charge in [0.2, 0.25) is 11.8 Å². The van der Waals surface area contributed by atoms with Crippen molar-refractivity contribution in [3.05, 3.63) is 65.7 Å². The molecule has 0 aliphatic carbocycles. The second-order valence-corrected chi connectivity index (χ2v) is 7.99. The summed E-state index contributed by atoms with van der Waals surface area (Å²) in [5.41, 5.74) is 1.95. The minimum atomic E-state index is -0.483. The van der Waals surface area contributed by atoms with Gasteiger partial charge in [-0.2, -0.15) is 0 Å². The van der Waals surface area contributed by atoms with Gasteiger partial charge in [0.05, 0.1) is 29.9 Å². The van der Waals surface area contributed by atoms with Crippen molar-refractivity contribution >= 4 is 40.4 Å². The lowest BCUT2D eigenvalue weighted by Crippen LogP contribution is -2.36. The maximum atomic E-state index is 12.5. The molecule has 1 aliphatic heterocycles. The molecule has 0 unspecified atom stereocenters. The molecule has 0 aromatic heterocycles. The maximum Gasteiger partial charge on any atom is 0.338 e. The Labute approximate surface area is 179 Å². The summed E-state index contributed by atoms with van der Waals surface area (Å²) >= 11 is 1.20. The van der Waals surface area contributed by atoms with E-state index in [0.717, 1.165) is 5.56 Å². The number of benzene rings is 2. The van der Waals surface area contributed by atoms with Crippen LogP contribution in [0.3, 0.4) is 0 Å². The van der Waals surface area contributed by atoms with Gasteiger partial charge in [-0.15, -0.1) is 0 Å². The van der Waals surface area contributed by atoms with E-state index in [1.165, 1.54) is 11.8 Å². The lowest BCUT2D eigenvalue weighted by Gasteiger charge is -2.22. The summed E-state index contributed by atoms with van der Waals surface area (Å²) in [5, 5.41) is 5.49. The zero-order chi connectivity index (χ0) is 21.5. The van der Waals surface area contributed by atoms with Gasteiger partial charge in [-0.05, 0) is 43.7 Å². The highest BCUT2D eigenvalue weighted by molar-refractivity contribution is 8.15. The molecule has 0 radical (unpaired) electrons. The predicted molar refractivity (Wildman–Crippen MR) is 117 cm³/mol. The van der Waals surface area contributed by atoms with Crippen molar-refractivity contribution in [3.63, 3.8) is 0 Å². The molecule has 2 aromatic rings. The van der Waals surface area contributed by atoms with Crippen LogP contribution in [-0.4, -0.2) is 34.8 Å². The Morgan fingerprint density at radius 1 is 1.20 bits per heavy atom. The number of amidine groups is 1. The summed E-state index contributed by atoms with van der Waals surface area (Å²) < 4.78 is 4.94. The van der Waals surface area contributed by atoms with Gasteiger partial charge in [0.1, 0.15) is 0 Å². The summed E-state index contributed by atoms with van der Waals surface area (Å²) in [6.45, 7) is 3.79. The first-order chi connectivity index (χ1) is 14.5. The zero-order valence-corrected chi connectivity index (χ0v) is 17.6. The van der Waals surface area contributed by atoms with Gasteiger partial charge in [-0.1, -0.05) is 42.1 Å². The number of carbonyl (C=O) groups is 3. The lowest BCUT2D eigenvalue weighted by molar-refractivity contribution is -0.120. The first kappa shape index (κ1) is 21.6. The Morgan fingerprint density at radius 3 is 2.57 bits per heavy atom. The average molecular weight is 426 g/mol. The molecule has 0 fully saturated rings. The largest absolute Gasteiger partial charge is 0.462 e. The van der Waals surface area contributed by atoms with E-state index in [9.17, 15) is 14.4 Å². The minimum Gasteiger partial charge on any atom is -0.462 e. The van der Waals surface area contributed by atoms with Gasteiger partial charge in [-0.3, -0.25) is 14.6 Å². The number of aliphatic imine (C=N–C) groups is 1. The van der Waals surface area contributed by atoms with E-state index in [-0.39, 0.29) is 24.3 Å². The van der Waals surface area contributed by atoms with Crippen molar-refractivity contribution < 1.29 is 19.1 Å². The second kappa shape index (κ2) is 10.1. The van der Waals surface area contributed by atoms with Gasteiger partial charge in [0.25, 0.3) is 0 Å². The van der Waals surface area contributed by atoms with E-state index in [0.29, 0.717) is 23.0 Å². The highest BCUT2D eigenvalue weighted by Gasteiger charge is 2.25. The van der Waals surface area contributed by atoms with Crippen LogP contribution in [0.1, 0.15) is 42.2 Å². The molecule has 2 N–H and O–H groups in total. The third-order valence-electron chi connectivity index (χ3n) is 4.40. The molecular formula is C22H23N3O4S. The normalized spacial score (nSPS) is 16.8. The number of ether oxygens (including phenoxy) is 1. The van der Waals surface area contributed by atoms with Crippen molar-refractivity contribution in [2.75, 3.05) is 11.9 Å². The first-order valence-corrected chi connectivity index (χ1v) is 10.5. The Bertz CT molecular complexity index is 945. The predicted octanol–water partition coefficient (Wildman–Crippen LogP) is 3.54. The van der Waals surface area contributed by atoms with Crippen LogP contribution in [0.25, 0.3) is 0 Å². The number of hydrogen-bond acceptors (Lipinski definition) is 6. The number of anilines is 1. The summed E-state index contributed by atoms with van der Waals surface area (Å²) in [5.74, 6) is -0.760. The van der Waals surface area contributed by atoms with Crippen molar-refractivity contribution in [3.8, 4) is 0 Å². The molecule has 1 heterocycles. The SMILES string of the molecule is CCOC(=O)c1ccc(NC(=O)[C@@H](C)SC2=N[C@@H](c3ccccc3)CC(=O)N2)cc1. The summed E-state index contributed by atoms with van der Waals surface area (Å²) in [4.78, 5) is 40.9. The van der Waals surface area contributed by atoms with Gasteiger partial charge in [-0.25, -0.2) is 4.79 Å². The highest BCUT2D eigenvalue weighted by atomic mass is 32.2. The molecule has 156 valence electrons. The molecule has 0 spiro atoms. The van der Waals surface area contributed by atoms with E-state index in [1.54, 1.807) is 38.1 Å². The molecule has 2 aromatic carbocycles. The number of rotatable bonds is 6. The lowest BCUT2D eigenvalue weighted by atomic mass is 10.0. The van der Waals surface area contributed by atoms with Gasteiger partial charge < -0.3 is 15.4 Å². The maximum absolute atomic E-state index is 12.5. The molecule has 0 saturated carbocycles. The number of nitrogens with zero attached hydrogens (tertiary/aromatic N) is 1. The monoisotopic (exact) mass is 425 g/mol. The molecule has 0 saturated heterocycles. The molecule has 30 heavy (non-hydrogen) atoms. The Balaban J connectivity index is 1.61. The van der Waals surface area contributed by atoms with Crippen LogP contribution in [0.15, 0.2) is 59.6 Å². The Morgan fingerprint density at radius 2 is 1.90 bits per heavy atom. The van der Waals surface area contributed by atoms with Crippen molar-refractivity contribution in [1.29, 1.82) is 0 Å². The van der Waals surface area contributed by atoms with Crippen LogP contribution >= 0.6 is 11.8 Å². The quantitative estimate of drug-likeness (QED) is 0.690. The van der Waals surface area contributed by atoms with Crippen LogP contribution in [0.5, 0.6) is 0 Å². The fraction of sp³-hybridized carbons (Fsp3) is 0.273. The second-order valence-electron chi connectivity index (χ2n) is 6.66. The fourth-order valence-corrected chi connectivity index (χ4v) is 3.72. The number of hydrogen-bond donors (Lipinski definition) is 2. The van der Waals surface area contributed by atoms with Crippen molar-refractivity contribution in [1.82, 2.24) is 5.32 Å². The van der Waals surface area contributed by atoms with Crippen molar-refractivity contribution in [2.45, 2.75) is 31.6 Å². The highest BCUT2D eigenvalue weighted by Crippen LogP contribution is 2.27. The summed E-state index contributed by atoms with van der Waals surface area (Å²) in [6.07, 6.45) is 0.279. The molecule has 0 bridgehead atoms. The van der Waals surface area contributed by atoms with E-state index >= 15 is 0 Å². The number of nitrogens with one attached hydrogen (secondary N) is 2. The third kappa shape index (κ3) is 5.70. The van der Waals surface area contributed by atoms with Crippen LogP contribution in [0.4, 0.5) is 5.69 Å². The molecule has 8 heteroatoms. The van der Waals surface area contributed by atoms with Crippen molar-refractivity contribution in [2.24, 2.45) is 4.99 Å². The van der Waals surface area contributed by atoms with E-state index in [4.69, 9.17) is 4.74 Å². The summed E-state index contributed by atoms with van der Waals surface area (Å²) in [6, 6.07) is 15.8. The van der Waals surface area contributed by atoms with Crippen LogP contribution < -0.4 is 10.6 Å². The van der Waals surface area contributed by atoms with E-state index in [2.05, 4.69) is 15.6 Å². The standard InChI is InChI=1S/C22H23N3O4S/c1-3-29-21(28)16-9-11-17(12-10-16)23-20(27)14(2)30-22-24-18(13-19(26)25-22)15-7-5-4-6-8-15/h4-12,14,18H,3,13H2,1-2H3,(H,23,27)(H,24,25,26)/t14-,18-/m1/s1. The minimum absolute atomic E-state index is 0.122. The molecule has 1 aliphatic rings. The average Bonchev–Trinajstić information content (AvgIpc) is 2.74. The first-order valence-electron chi connectivity index (χ1n) is 9.63. The van der Waals surface area contributed by atoms with Gasteiger partial charge in [0, 0.05) is 5.69 Å². The van der Waals surface area contributed by atoms with Crippen LogP contribution in [0, 0.1) is 0 Å². The molecular weight excluding hydrogens is 402 g/mol. The third-order valence-corrected chi connectivity index (χ3v) is 5.40. The van der Waals surface area contributed by atoms with E-state index < -0.39 is 11.2 Å². The smallest absolute Gasteiger partial charge is 0.338 e. The summed E-state index contributed by atoms with van der Waals surface area (Å²) in [7, 11) is 0. The molecule has 7 nitrogen and oxygen atoms in total. The number of esters is 1. The van der Waals surface area contributed by atoms with Gasteiger partial charge in [0.15, 0.2) is 5.17 Å². The molecule has 3 rings (SSSR count). The fourth-order valence-electron chi connectivity index (χ4n) is 2.86. The molecule has 2 amide bonds. The number of amides is 2. The topological polar surface area (TPSA) is 96.9 Å². The van der Waals surface area contributed by atoms with Crippen LogP contribution in [-0.2, 0) is 14.3 Å². The van der Waals surface area contributed by atoms with Crippen LogP contribution in [0.2, 0.25) is 0 Å². The number of thioether (sulfide) groups is 1. The zero-order valence-electron chi connectivity index (χ0n) is 16.8. The Hall–Kier alpha value is -3.13. The Kier molecular flexibility index (Phi) is 7.24. The van der Waals surface area contributed by atoms with Gasteiger partial charge >= 0.3 is 5.97 Å². The van der Waals surface area contributed by atoms with E-state index in [1.807, 2.05) is 30.3 Å². The molecule has 2 atom stereocenters. The number of carbonyl (C=O) groups excluding carboxylic acids is 3.